The Balaban J connectivity index is 2.39. The van der Waals surface area contributed by atoms with Crippen molar-refractivity contribution in [3.8, 4) is 0 Å². The Morgan fingerprint density at radius 3 is 1.26 bits per heavy atom. The second-order valence-electron chi connectivity index (χ2n) is 14.3. The standard InChI is InChI=1S/C43H75NO6/c1-3-5-7-9-11-13-15-17-19-21-23-25-30-34-40(45)49-39(36-44)42(43(47)48-37-38-32-28-27-29-33-38)50-41(46)35-31-26-24-22-20-18-16-14-12-10-8-6-4-2/h27-29,32-33,39,42H,3-26,30-31,34-37,44H2,1-2H3. The fraction of sp³-hybridized carbons (Fsp3) is 0.791. The summed E-state index contributed by atoms with van der Waals surface area (Å²) in [6.45, 7) is 4.38. The van der Waals surface area contributed by atoms with E-state index in [-0.39, 0.29) is 26.0 Å². The normalized spacial score (nSPS) is 12.4. The van der Waals surface area contributed by atoms with Crippen molar-refractivity contribution >= 4 is 17.9 Å². The Morgan fingerprint density at radius 2 is 0.880 bits per heavy atom. The number of nitrogens with two attached hydrogens (primary N) is 1. The molecule has 0 spiro atoms. The lowest BCUT2D eigenvalue weighted by molar-refractivity contribution is -0.182. The van der Waals surface area contributed by atoms with Gasteiger partial charge in [-0.1, -0.05) is 198 Å². The minimum absolute atomic E-state index is 0.0246. The largest absolute Gasteiger partial charge is 0.458 e. The third kappa shape index (κ3) is 26.4. The van der Waals surface area contributed by atoms with Gasteiger partial charge >= 0.3 is 17.9 Å². The molecule has 288 valence electrons. The van der Waals surface area contributed by atoms with Crippen LogP contribution in [0.5, 0.6) is 0 Å². The highest BCUT2D eigenvalue weighted by atomic mass is 16.6. The number of hydrogen-bond acceptors (Lipinski definition) is 7. The van der Waals surface area contributed by atoms with E-state index in [1.807, 2.05) is 30.3 Å². The van der Waals surface area contributed by atoms with Gasteiger partial charge in [-0.2, -0.15) is 0 Å². The number of hydrogen-bond donors (Lipinski definition) is 1. The first-order chi connectivity index (χ1) is 24.5. The predicted molar refractivity (Wildman–Crippen MR) is 206 cm³/mol. The highest BCUT2D eigenvalue weighted by Gasteiger charge is 2.35. The number of rotatable bonds is 35. The van der Waals surface area contributed by atoms with Crippen LogP contribution in [0.3, 0.4) is 0 Å². The fourth-order valence-electron chi connectivity index (χ4n) is 6.32. The van der Waals surface area contributed by atoms with Crippen LogP contribution in [0.15, 0.2) is 30.3 Å². The molecule has 7 heteroatoms. The van der Waals surface area contributed by atoms with Gasteiger partial charge in [-0.25, -0.2) is 4.79 Å². The highest BCUT2D eigenvalue weighted by molar-refractivity contribution is 5.80. The van der Waals surface area contributed by atoms with Gasteiger partial charge in [0.15, 0.2) is 6.10 Å². The highest BCUT2D eigenvalue weighted by Crippen LogP contribution is 2.17. The van der Waals surface area contributed by atoms with Gasteiger partial charge in [0, 0.05) is 19.4 Å². The Hall–Kier alpha value is -2.41. The summed E-state index contributed by atoms with van der Waals surface area (Å²) in [5.41, 5.74) is 6.77. The Labute approximate surface area is 306 Å². The van der Waals surface area contributed by atoms with Gasteiger partial charge in [0.05, 0.1) is 0 Å². The van der Waals surface area contributed by atoms with E-state index in [4.69, 9.17) is 19.9 Å². The van der Waals surface area contributed by atoms with Crippen molar-refractivity contribution < 1.29 is 28.6 Å². The molecular formula is C43H75NO6. The van der Waals surface area contributed by atoms with Crippen molar-refractivity contribution in [2.75, 3.05) is 6.54 Å². The quantitative estimate of drug-likeness (QED) is 0.0426. The van der Waals surface area contributed by atoms with E-state index in [0.717, 1.165) is 37.7 Å². The van der Waals surface area contributed by atoms with Crippen LogP contribution < -0.4 is 5.73 Å². The summed E-state index contributed by atoms with van der Waals surface area (Å²) in [5.74, 6) is -1.69. The first-order valence-corrected chi connectivity index (χ1v) is 20.8. The molecule has 2 unspecified atom stereocenters. The second kappa shape index (κ2) is 33.7. The molecule has 1 aromatic carbocycles. The van der Waals surface area contributed by atoms with Crippen molar-refractivity contribution in [3.63, 3.8) is 0 Å². The van der Waals surface area contributed by atoms with Gasteiger partial charge in [-0.3, -0.25) is 9.59 Å². The molecule has 1 rings (SSSR count). The van der Waals surface area contributed by atoms with Crippen LogP contribution in [0.1, 0.15) is 199 Å². The van der Waals surface area contributed by atoms with Crippen molar-refractivity contribution in [2.45, 2.75) is 212 Å². The van der Waals surface area contributed by atoms with Crippen molar-refractivity contribution in [1.82, 2.24) is 0 Å². The molecule has 2 N–H and O–H groups in total. The molecule has 0 radical (unpaired) electrons. The molecule has 50 heavy (non-hydrogen) atoms. The molecule has 0 bridgehead atoms. The molecule has 1 aromatic rings. The molecular weight excluding hydrogens is 626 g/mol. The Kier molecular flexibility index (Phi) is 30.8. The molecule has 0 saturated carbocycles. The van der Waals surface area contributed by atoms with E-state index in [1.54, 1.807) is 0 Å². The van der Waals surface area contributed by atoms with Crippen LogP contribution in [0, 0.1) is 0 Å². The summed E-state index contributed by atoms with van der Waals surface area (Å²) in [6, 6.07) is 9.29. The maximum atomic E-state index is 13.2. The van der Waals surface area contributed by atoms with E-state index < -0.39 is 30.1 Å². The van der Waals surface area contributed by atoms with Crippen LogP contribution in [-0.2, 0) is 35.2 Å². The zero-order valence-electron chi connectivity index (χ0n) is 32.3. The zero-order chi connectivity index (χ0) is 36.3. The average molecular weight is 702 g/mol. The Morgan fingerprint density at radius 1 is 0.520 bits per heavy atom. The molecule has 0 fully saturated rings. The van der Waals surface area contributed by atoms with Crippen molar-refractivity contribution in [3.05, 3.63) is 35.9 Å². The molecule has 0 amide bonds. The smallest absolute Gasteiger partial charge is 0.351 e. The number of carbonyl (C=O) groups is 3. The minimum atomic E-state index is -1.39. The van der Waals surface area contributed by atoms with E-state index in [1.165, 1.54) is 128 Å². The van der Waals surface area contributed by atoms with Gasteiger partial charge in [-0.05, 0) is 18.4 Å². The lowest BCUT2D eigenvalue weighted by atomic mass is 10.0. The molecule has 0 aliphatic heterocycles. The zero-order valence-corrected chi connectivity index (χ0v) is 32.3. The molecule has 0 heterocycles. The third-order valence-electron chi connectivity index (χ3n) is 9.54. The van der Waals surface area contributed by atoms with Crippen LogP contribution in [0.4, 0.5) is 0 Å². The van der Waals surface area contributed by atoms with Gasteiger partial charge in [0.25, 0.3) is 0 Å². The lowest BCUT2D eigenvalue weighted by Gasteiger charge is -2.24. The van der Waals surface area contributed by atoms with Gasteiger partial charge in [0.1, 0.15) is 6.61 Å². The number of unbranched alkanes of at least 4 members (excludes halogenated alkanes) is 24. The van der Waals surface area contributed by atoms with Crippen molar-refractivity contribution in [1.29, 1.82) is 0 Å². The van der Waals surface area contributed by atoms with Gasteiger partial charge < -0.3 is 19.9 Å². The van der Waals surface area contributed by atoms with Crippen LogP contribution in [0.25, 0.3) is 0 Å². The fourth-order valence-corrected chi connectivity index (χ4v) is 6.32. The molecule has 0 aliphatic rings. The topological polar surface area (TPSA) is 105 Å². The molecule has 0 aliphatic carbocycles. The second-order valence-corrected chi connectivity index (χ2v) is 14.3. The average Bonchev–Trinajstić information content (AvgIpc) is 3.13. The summed E-state index contributed by atoms with van der Waals surface area (Å²) < 4.78 is 16.7. The van der Waals surface area contributed by atoms with E-state index >= 15 is 0 Å². The summed E-state index contributed by atoms with van der Waals surface area (Å²) in [6.07, 6.45) is 29.6. The van der Waals surface area contributed by atoms with E-state index in [2.05, 4.69) is 13.8 Å². The number of carbonyl (C=O) groups excluding carboxylic acids is 3. The maximum Gasteiger partial charge on any atom is 0.351 e. The Bertz CT molecular complexity index is 939. The van der Waals surface area contributed by atoms with E-state index in [9.17, 15) is 14.4 Å². The molecule has 2 atom stereocenters. The maximum absolute atomic E-state index is 13.2. The van der Waals surface area contributed by atoms with Gasteiger partial charge in [-0.15, -0.1) is 0 Å². The van der Waals surface area contributed by atoms with E-state index in [0.29, 0.717) is 6.42 Å². The minimum Gasteiger partial charge on any atom is -0.458 e. The molecule has 7 nitrogen and oxygen atoms in total. The first kappa shape index (κ1) is 45.6. The lowest BCUT2D eigenvalue weighted by Crippen LogP contribution is -2.46. The summed E-state index contributed by atoms with van der Waals surface area (Å²) in [5, 5.41) is 0. The van der Waals surface area contributed by atoms with Crippen molar-refractivity contribution in [2.24, 2.45) is 5.73 Å². The third-order valence-corrected chi connectivity index (χ3v) is 9.54. The monoisotopic (exact) mass is 702 g/mol. The summed E-state index contributed by atoms with van der Waals surface area (Å²) in [4.78, 5) is 38.7. The SMILES string of the molecule is CCCCCCCCCCCCCCCC(=O)OC(CN)C(OC(=O)CCCCCCCCCCCCCCC)C(=O)OCc1ccccc1. The van der Waals surface area contributed by atoms with Crippen LogP contribution >= 0.6 is 0 Å². The van der Waals surface area contributed by atoms with Crippen LogP contribution in [-0.4, -0.2) is 36.7 Å². The predicted octanol–water partition coefficient (Wildman–Crippen LogP) is 11.5. The number of benzene rings is 1. The summed E-state index contributed by atoms with van der Waals surface area (Å²) in [7, 11) is 0. The van der Waals surface area contributed by atoms with Gasteiger partial charge in [0.2, 0.25) is 6.10 Å². The summed E-state index contributed by atoms with van der Waals surface area (Å²) >= 11 is 0. The molecule has 0 saturated heterocycles. The van der Waals surface area contributed by atoms with Crippen LogP contribution in [0.2, 0.25) is 0 Å². The molecule has 0 aromatic heterocycles. The number of ether oxygens (including phenoxy) is 3. The first-order valence-electron chi connectivity index (χ1n) is 20.8. The number of esters is 3.